The molecule has 3 rings (SSSR count). The van der Waals surface area contributed by atoms with E-state index in [9.17, 15) is 4.79 Å². The summed E-state index contributed by atoms with van der Waals surface area (Å²) >= 11 is 0. The third-order valence-corrected chi connectivity index (χ3v) is 3.89. The average molecular weight is 247 g/mol. The highest BCUT2D eigenvalue weighted by Gasteiger charge is 2.30. The molecule has 0 radical (unpaired) electrons. The summed E-state index contributed by atoms with van der Waals surface area (Å²) in [6, 6.07) is 6.60. The number of ether oxygens (including phenoxy) is 1. The molecule has 2 unspecified atom stereocenters. The number of hydrogen-bond acceptors (Lipinski definition) is 3. The maximum absolute atomic E-state index is 11.0. The summed E-state index contributed by atoms with van der Waals surface area (Å²) in [6.45, 7) is 2.04. The first-order valence-electron chi connectivity index (χ1n) is 6.39. The molecule has 96 valence electrons. The zero-order chi connectivity index (χ0) is 12.5. The van der Waals surface area contributed by atoms with Crippen molar-refractivity contribution in [1.29, 1.82) is 0 Å². The van der Waals surface area contributed by atoms with Gasteiger partial charge in [0, 0.05) is 12.6 Å². The highest BCUT2D eigenvalue weighted by atomic mass is 16.5. The van der Waals surface area contributed by atoms with Crippen molar-refractivity contribution >= 4 is 5.97 Å². The van der Waals surface area contributed by atoms with E-state index in [2.05, 4.69) is 23.5 Å². The summed E-state index contributed by atoms with van der Waals surface area (Å²) in [4.78, 5) is 11.0. The van der Waals surface area contributed by atoms with Gasteiger partial charge < -0.3 is 15.2 Å². The second kappa shape index (κ2) is 4.71. The Kier molecular flexibility index (Phi) is 3.06. The van der Waals surface area contributed by atoms with Gasteiger partial charge in [-0.1, -0.05) is 18.2 Å². The Morgan fingerprint density at radius 2 is 2.28 bits per heavy atom. The zero-order valence-electron chi connectivity index (χ0n) is 10.2. The normalized spacial score (nSPS) is 26.9. The van der Waals surface area contributed by atoms with Crippen molar-refractivity contribution in [2.24, 2.45) is 5.92 Å². The van der Waals surface area contributed by atoms with Gasteiger partial charge in [0.25, 0.3) is 0 Å². The van der Waals surface area contributed by atoms with E-state index < -0.39 is 5.97 Å². The summed E-state index contributed by atoms with van der Waals surface area (Å²) in [5.41, 5.74) is 3.79. The largest absolute Gasteiger partial charge is 0.481 e. The summed E-state index contributed by atoms with van der Waals surface area (Å²) in [5, 5.41) is 12.3. The Morgan fingerprint density at radius 1 is 1.39 bits per heavy atom. The molecule has 0 aromatic heterocycles. The summed E-state index contributed by atoms with van der Waals surface area (Å²) in [5.74, 6) is -0.964. The van der Waals surface area contributed by atoms with E-state index in [1.807, 2.05) is 0 Å². The molecule has 2 N–H and O–H groups in total. The topological polar surface area (TPSA) is 58.6 Å². The lowest BCUT2D eigenvalue weighted by Crippen LogP contribution is -2.17. The van der Waals surface area contributed by atoms with Crippen LogP contribution >= 0.6 is 0 Å². The van der Waals surface area contributed by atoms with E-state index in [1.165, 1.54) is 16.7 Å². The number of hydrogen-bond donors (Lipinski definition) is 2. The van der Waals surface area contributed by atoms with Gasteiger partial charge in [-0.05, 0) is 29.5 Å². The fraction of sp³-hybridized carbons (Fsp3) is 0.500. The minimum Gasteiger partial charge on any atom is -0.481 e. The molecule has 0 bridgehead atoms. The standard InChI is InChI=1S/C14H17NO3/c16-14(17)11-6-13(15-7-11)10-2-1-9-3-4-18-8-12(9)5-10/h1-2,5,11,13,15H,3-4,6-8H2,(H,16,17). The monoisotopic (exact) mass is 247 g/mol. The molecule has 1 fully saturated rings. The minimum atomic E-state index is -0.703. The number of fused-ring (bicyclic) bond motifs is 1. The molecule has 2 aliphatic heterocycles. The molecule has 4 nitrogen and oxygen atoms in total. The molecule has 2 heterocycles. The van der Waals surface area contributed by atoms with Crippen LogP contribution < -0.4 is 5.32 Å². The van der Waals surface area contributed by atoms with Gasteiger partial charge >= 0.3 is 5.97 Å². The van der Waals surface area contributed by atoms with Crippen molar-refractivity contribution < 1.29 is 14.6 Å². The Labute approximate surface area is 106 Å². The number of aliphatic carboxylic acids is 1. The maximum atomic E-state index is 11.0. The third-order valence-electron chi connectivity index (χ3n) is 3.89. The van der Waals surface area contributed by atoms with Crippen molar-refractivity contribution in [2.75, 3.05) is 13.2 Å². The van der Waals surface area contributed by atoms with Crippen molar-refractivity contribution in [1.82, 2.24) is 5.32 Å². The molecule has 2 atom stereocenters. The van der Waals surface area contributed by atoms with E-state index in [-0.39, 0.29) is 12.0 Å². The molecular formula is C14H17NO3. The van der Waals surface area contributed by atoms with E-state index >= 15 is 0 Å². The third kappa shape index (κ3) is 2.13. The number of benzene rings is 1. The average Bonchev–Trinajstić information content (AvgIpc) is 2.88. The lowest BCUT2D eigenvalue weighted by molar-refractivity contribution is -0.141. The summed E-state index contributed by atoms with van der Waals surface area (Å²) in [7, 11) is 0. The first-order valence-corrected chi connectivity index (χ1v) is 6.39. The molecule has 0 saturated carbocycles. The molecule has 1 saturated heterocycles. The molecular weight excluding hydrogens is 230 g/mol. The second-order valence-corrected chi connectivity index (χ2v) is 5.06. The number of carboxylic acid groups (broad SMARTS) is 1. The number of nitrogens with one attached hydrogen (secondary N) is 1. The predicted octanol–water partition coefficient (Wildman–Crippen LogP) is 1.49. The smallest absolute Gasteiger partial charge is 0.307 e. The van der Waals surface area contributed by atoms with Gasteiger partial charge in [-0.15, -0.1) is 0 Å². The highest BCUT2D eigenvalue weighted by molar-refractivity contribution is 5.70. The van der Waals surface area contributed by atoms with Crippen LogP contribution in [0.4, 0.5) is 0 Å². The lowest BCUT2D eigenvalue weighted by Gasteiger charge is -2.19. The molecule has 0 spiro atoms. The van der Waals surface area contributed by atoms with Gasteiger partial charge in [0.1, 0.15) is 0 Å². The van der Waals surface area contributed by atoms with Gasteiger partial charge in [-0.2, -0.15) is 0 Å². The molecule has 0 amide bonds. The summed E-state index contributed by atoms with van der Waals surface area (Å²) in [6.07, 6.45) is 1.65. The quantitative estimate of drug-likeness (QED) is 0.831. The first-order chi connectivity index (χ1) is 8.74. The number of rotatable bonds is 2. The van der Waals surface area contributed by atoms with E-state index in [4.69, 9.17) is 9.84 Å². The van der Waals surface area contributed by atoms with E-state index in [0.29, 0.717) is 19.6 Å². The van der Waals surface area contributed by atoms with Crippen LogP contribution in [0.2, 0.25) is 0 Å². The Morgan fingerprint density at radius 3 is 3.06 bits per heavy atom. The van der Waals surface area contributed by atoms with Crippen LogP contribution in [0.25, 0.3) is 0 Å². The van der Waals surface area contributed by atoms with Gasteiger partial charge in [0.2, 0.25) is 0 Å². The molecule has 1 aromatic carbocycles. The van der Waals surface area contributed by atoms with Crippen molar-refractivity contribution in [3.8, 4) is 0 Å². The predicted molar refractivity (Wildman–Crippen MR) is 66.3 cm³/mol. The second-order valence-electron chi connectivity index (χ2n) is 5.06. The zero-order valence-corrected chi connectivity index (χ0v) is 10.2. The van der Waals surface area contributed by atoms with Gasteiger partial charge in [0.05, 0.1) is 19.1 Å². The Bertz CT molecular complexity index is 472. The Balaban J connectivity index is 1.79. The van der Waals surface area contributed by atoms with E-state index in [1.54, 1.807) is 0 Å². The van der Waals surface area contributed by atoms with Gasteiger partial charge in [0.15, 0.2) is 0 Å². The van der Waals surface area contributed by atoms with Crippen molar-refractivity contribution in [3.63, 3.8) is 0 Å². The van der Waals surface area contributed by atoms with Gasteiger partial charge in [-0.3, -0.25) is 4.79 Å². The molecule has 18 heavy (non-hydrogen) atoms. The lowest BCUT2D eigenvalue weighted by atomic mass is 9.95. The van der Waals surface area contributed by atoms with Crippen molar-refractivity contribution in [3.05, 3.63) is 34.9 Å². The number of carbonyl (C=O) groups is 1. The van der Waals surface area contributed by atoms with Crippen LogP contribution in [0, 0.1) is 5.92 Å². The van der Waals surface area contributed by atoms with E-state index in [0.717, 1.165) is 13.0 Å². The van der Waals surface area contributed by atoms with Crippen LogP contribution in [-0.4, -0.2) is 24.2 Å². The highest BCUT2D eigenvalue weighted by Crippen LogP contribution is 2.29. The van der Waals surface area contributed by atoms with Crippen LogP contribution in [0.1, 0.15) is 29.2 Å². The fourth-order valence-electron chi connectivity index (χ4n) is 2.78. The molecule has 0 aliphatic carbocycles. The van der Waals surface area contributed by atoms with Gasteiger partial charge in [-0.25, -0.2) is 0 Å². The van der Waals surface area contributed by atoms with Crippen LogP contribution in [0.3, 0.4) is 0 Å². The summed E-state index contributed by atoms with van der Waals surface area (Å²) < 4.78 is 5.46. The van der Waals surface area contributed by atoms with Crippen molar-refractivity contribution in [2.45, 2.75) is 25.5 Å². The Hall–Kier alpha value is -1.39. The molecule has 4 heteroatoms. The SMILES string of the molecule is O=C(O)C1CNC(c2ccc3c(c2)COCC3)C1. The van der Waals surface area contributed by atoms with Crippen LogP contribution in [0.5, 0.6) is 0 Å². The first kappa shape index (κ1) is 11.7. The minimum absolute atomic E-state index is 0.165. The van der Waals surface area contributed by atoms with Crippen LogP contribution in [0.15, 0.2) is 18.2 Å². The maximum Gasteiger partial charge on any atom is 0.307 e. The fourth-order valence-corrected chi connectivity index (χ4v) is 2.78. The van der Waals surface area contributed by atoms with Crippen LogP contribution in [-0.2, 0) is 22.6 Å². The number of carboxylic acids is 1. The molecule has 1 aromatic rings. The molecule has 2 aliphatic rings.